The van der Waals surface area contributed by atoms with Crippen molar-refractivity contribution in [2.75, 3.05) is 0 Å². The van der Waals surface area contributed by atoms with Gasteiger partial charge in [0, 0.05) is 10.6 Å². The molecule has 1 amide bonds. The Labute approximate surface area is 214 Å². The third-order valence-corrected chi connectivity index (χ3v) is 6.66. The van der Waals surface area contributed by atoms with Gasteiger partial charge in [0.2, 0.25) is 5.91 Å². The average Bonchev–Trinajstić information content (AvgIpc) is 2.71. The molecule has 0 saturated heterocycles. The van der Waals surface area contributed by atoms with E-state index in [1.54, 1.807) is 6.21 Å². The molecule has 3 rings (SSSR count). The van der Waals surface area contributed by atoms with E-state index in [0.717, 1.165) is 29.6 Å². The molecule has 0 unspecified atom stereocenters. The molecule has 0 aliphatic heterocycles. The van der Waals surface area contributed by atoms with Gasteiger partial charge in [0.25, 0.3) is 0 Å². The van der Waals surface area contributed by atoms with Gasteiger partial charge in [-0.05, 0) is 99.5 Å². The number of halogens is 3. The standard InChI is InChI=1S/C24H21ClI2N2O2/c1-15-7-8-17(9-16(15)2)12-23(30)29-28-13-18-10-21(26)24(22(27)11-18)31-14-19-5-3-4-6-20(19)25/h3-11,13H,12,14H2,1-2H3,(H,29,30)/b28-13-. The number of nitrogens with zero attached hydrogens (tertiary/aromatic N) is 1. The third-order valence-electron chi connectivity index (χ3n) is 4.69. The van der Waals surface area contributed by atoms with E-state index in [-0.39, 0.29) is 5.91 Å². The monoisotopic (exact) mass is 658 g/mol. The van der Waals surface area contributed by atoms with E-state index < -0.39 is 0 Å². The second-order valence-electron chi connectivity index (χ2n) is 7.08. The van der Waals surface area contributed by atoms with Crippen LogP contribution >= 0.6 is 56.8 Å². The van der Waals surface area contributed by atoms with Crippen molar-refractivity contribution in [2.24, 2.45) is 5.10 Å². The summed E-state index contributed by atoms with van der Waals surface area (Å²) in [5, 5.41) is 4.79. The van der Waals surface area contributed by atoms with E-state index in [1.165, 1.54) is 11.1 Å². The lowest BCUT2D eigenvalue weighted by Crippen LogP contribution is -2.19. The van der Waals surface area contributed by atoms with Crippen LogP contribution < -0.4 is 10.2 Å². The molecule has 0 aliphatic carbocycles. The number of hydrogen-bond donors (Lipinski definition) is 1. The van der Waals surface area contributed by atoms with Gasteiger partial charge in [0.05, 0.1) is 19.8 Å². The van der Waals surface area contributed by atoms with Crippen LogP contribution in [0.1, 0.15) is 27.8 Å². The normalized spacial score (nSPS) is 11.0. The Morgan fingerprint density at radius 1 is 1.06 bits per heavy atom. The van der Waals surface area contributed by atoms with Crippen molar-refractivity contribution >= 4 is 68.9 Å². The highest BCUT2D eigenvalue weighted by Gasteiger charge is 2.10. The summed E-state index contributed by atoms with van der Waals surface area (Å²) in [7, 11) is 0. The molecule has 0 spiro atoms. The SMILES string of the molecule is Cc1ccc(CC(=O)N/N=C\c2cc(I)c(OCc3ccccc3Cl)c(I)c2)cc1C. The molecule has 3 aromatic rings. The van der Waals surface area contributed by atoms with E-state index >= 15 is 0 Å². The molecule has 4 nitrogen and oxygen atoms in total. The highest BCUT2D eigenvalue weighted by molar-refractivity contribution is 14.1. The maximum absolute atomic E-state index is 12.2. The number of ether oxygens (including phenoxy) is 1. The summed E-state index contributed by atoms with van der Waals surface area (Å²) in [5.74, 6) is 0.653. The van der Waals surface area contributed by atoms with E-state index in [9.17, 15) is 4.79 Å². The minimum atomic E-state index is -0.149. The Bertz CT molecular complexity index is 1110. The van der Waals surface area contributed by atoms with Gasteiger partial charge in [-0.1, -0.05) is 48.0 Å². The summed E-state index contributed by atoms with van der Waals surface area (Å²) < 4.78 is 7.92. The Balaban J connectivity index is 1.60. The van der Waals surface area contributed by atoms with Gasteiger partial charge >= 0.3 is 0 Å². The molecule has 0 aromatic heterocycles. The smallest absolute Gasteiger partial charge is 0.244 e. The number of hydrogen-bond acceptors (Lipinski definition) is 3. The van der Waals surface area contributed by atoms with E-state index in [0.29, 0.717) is 18.1 Å². The Kier molecular flexibility index (Phi) is 8.74. The summed E-state index contributed by atoms with van der Waals surface area (Å²) in [4.78, 5) is 12.2. The van der Waals surface area contributed by atoms with Crippen LogP contribution in [0, 0.1) is 21.0 Å². The number of hydrazone groups is 1. The fourth-order valence-corrected chi connectivity index (χ4v) is 5.19. The van der Waals surface area contributed by atoms with Crippen molar-refractivity contribution in [3.63, 3.8) is 0 Å². The van der Waals surface area contributed by atoms with Gasteiger partial charge in [0.1, 0.15) is 12.4 Å². The molecule has 0 saturated carbocycles. The van der Waals surface area contributed by atoms with Crippen LogP contribution in [0.25, 0.3) is 0 Å². The summed E-state index contributed by atoms with van der Waals surface area (Å²) in [6.07, 6.45) is 1.93. The molecular formula is C24H21ClI2N2O2. The zero-order chi connectivity index (χ0) is 22.4. The van der Waals surface area contributed by atoms with E-state index in [4.69, 9.17) is 16.3 Å². The molecule has 0 atom stereocenters. The maximum Gasteiger partial charge on any atom is 0.244 e. The molecule has 0 bridgehead atoms. The number of benzene rings is 3. The molecule has 1 N–H and O–H groups in total. The van der Waals surface area contributed by atoms with Gasteiger partial charge in [-0.3, -0.25) is 4.79 Å². The maximum atomic E-state index is 12.2. The molecule has 3 aromatic carbocycles. The van der Waals surface area contributed by atoms with Crippen LogP contribution in [0.5, 0.6) is 5.75 Å². The predicted octanol–water partition coefficient (Wildman–Crippen LogP) is 6.44. The topological polar surface area (TPSA) is 50.7 Å². The zero-order valence-electron chi connectivity index (χ0n) is 17.1. The van der Waals surface area contributed by atoms with Crippen molar-refractivity contribution in [1.29, 1.82) is 0 Å². The average molecular weight is 659 g/mol. The number of carbonyl (C=O) groups is 1. The lowest BCUT2D eigenvalue weighted by Gasteiger charge is -2.12. The van der Waals surface area contributed by atoms with Crippen LogP contribution in [0.3, 0.4) is 0 Å². The lowest BCUT2D eigenvalue weighted by molar-refractivity contribution is -0.120. The summed E-state index contributed by atoms with van der Waals surface area (Å²) in [6.45, 7) is 4.49. The number of carbonyl (C=O) groups excluding carboxylic acids is 1. The van der Waals surface area contributed by atoms with E-state index in [1.807, 2.05) is 61.5 Å². The number of aryl methyl sites for hydroxylation is 2. The molecule has 0 fully saturated rings. The number of rotatable bonds is 7. The summed E-state index contributed by atoms with van der Waals surface area (Å²) >= 11 is 10.7. The van der Waals surface area contributed by atoms with Gasteiger partial charge in [-0.25, -0.2) is 5.43 Å². The minimum absolute atomic E-state index is 0.149. The largest absolute Gasteiger partial charge is 0.487 e. The highest BCUT2D eigenvalue weighted by Crippen LogP contribution is 2.30. The Hall–Kier alpha value is -1.65. The van der Waals surface area contributed by atoms with Crippen LogP contribution in [0.4, 0.5) is 0 Å². The second-order valence-corrected chi connectivity index (χ2v) is 9.81. The molecule has 7 heteroatoms. The first-order valence-electron chi connectivity index (χ1n) is 9.57. The van der Waals surface area contributed by atoms with Crippen LogP contribution in [-0.2, 0) is 17.8 Å². The predicted molar refractivity (Wildman–Crippen MR) is 143 cm³/mol. The molecule has 0 aliphatic rings. The number of nitrogens with one attached hydrogen (secondary N) is 1. The lowest BCUT2D eigenvalue weighted by atomic mass is 10.0. The first-order chi connectivity index (χ1) is 14.8. The molecular weight excluding hydrogens is 638 g/mol. The van der Waals surface area contributed by atoms with Crippen molar-refractivity contribution in [3.8, 4) is 5.75 Å². The summed E-state index contributed by atoms with van der Waals surface area (Å²) in [5.41, 5.74) is 7.78. The zero-order valence-corrected chi connectivity index (χ0v) is 22.2. The fourth-order valence-electron chi connectivity index (χ4n) is 2.87. The van der Waals surface area contributed by atoms with Crippen molar-refractivity contribution < 1.29 is 9.53 Å². The molecule has 0 radical (unpaired) electrons. The molecule has 0 heterocycles. The second kappa shape index (κ2) is 11.3. The first kappa shape index (κ1) is 24.0. The van der Waals surface area contributed by atoms with Crippen molar-refractivity contribution in [2.45, 2.75) is 26.9 Å². The van der Waals surface area contributed by atoms with Crippen molar-refractivity contribution in [3.05, 3.63) is 94.6 Å². The van der Waals surface area contributed by atoms with Crippen LogP contribution in [-0.4, -0.2) is 12.1 Å². The quantitative estimate of drug-likeness (QED) is 0.181. The third kappa shape index (κ3) is 6.92. The minimum Gasteiger partial charge on any atom is -0.487 e. The van der Waals surface area contributed by atoms with Gasteiger partial charge < -0.3 is 4.74 Å². The van der Waals surface area contributed by atoms with E-state index in [2.05, 4.69) is 62.6 Å². The molecule has 160 valence electrons. The van der Waals surface area contributed by atoms with Gasteiger partial charge in [-0.2, -0.15) is 5.10 Å². The fraction of sp³-hybridized carbons (Fsp3) is 0.167. The molecule has 31 heavy (non-hydrogen) atoms. The Morgan fingerprint density at radius 3 is 2.45 bits per heavy atom. The van der Waals surface area contributed by atoms with Crippen LogP contribution in [0.2, 0.25) is 5.02 Å². The highest BCUT2D eigenvalue weighted by atomic mass is 127. The van der Waals surface area contributed by atoms with Crippen molar-refractivity contribution in [1.82, 2.24) is 5.43 Å². The van der Waals surface area contributed by atoms with Gasteiger partial charge in [-0.15, -0.1) is 0 Å². The first-order valence-corrected chi connectivity index (χ1v) is 12.1. The van der Waals surface area contributed by atoms with Crippen LogP contribution in [0.15, 0.2) is 59.7 Å². The summed E-state index contributed by atoms with van der Waals surface area (Å²) in [6, 6.07) is 17.6. The number of amides is 1. The van der Waals surface area contributed by atoms with Gasteiger partial charge in [0.15, 0.2) is 0 Å². The Morgan fingerprint density at radius 2 is 1.77 bits per heavy atom.